The molecule has 8 nitrogen and oxygen atoms in total. The van der Waals surface area contributed by atoms with Crippen molar-refractivity contribution in [1.82, 2.24) is 4.90 Å². The molecule has 184 valence electrons. The van der Waals surface area contributed by atoms with Gasteiger partial charge in [-0.2, -0.15) is 0 Å². The molecule has 1 aliphatic rings. The first-order chi connectivity index (χ1) is 16.9. The lowest BCUT2D eigenvalue weighted by Gasteiger charge is -2.26. The summed E-state index contributed by atoms with van der Waals surface area (Å²) in [4.78, 5) is 15.2. The van der Waals surface area contributed by atoms with Crippen LogP contribution in [0.2, 0.25) is 0 Å². The molecule has 3 aromatic rings. The Bertz CT molecular complexity index is 1240. The van der Waals surface area contributed by atoms with Crippen LogP contribution in [0.4, 0.5) is 11.4 Å². The highest BCUT2D eigenvalue weighted by molar-refractivity contribution is 7.92. The molecule has 0 aromatic heterocycles. The SMILES string of the molecule is COc1ccc(NS(=O)(=O)c2cccc(C(=O)Nc3ccc(CCN4CCOCC4)cc3)c2)cc1. The van der Waals surface area contributed by atoms with Crippen LogP contribution in [0.1, 0.15) is 15.9 Å². The molecule has 1 amide bonds. The van der Waals surface area contributed by atoms with Gasteiger partial charge < -0.3 is 14.8 Å². The van der Waals surface area contributed by atoms with Gasteiger partial charge in [0.1, 0.15) is 5.75 Å². The fourth-order valence-corrected chi connectivity index (χ4v) is 4.85. The van der Waals surface area contributed by atoms with Gasteiger partial charge in [0.25, 0.3) is 15.9 Å². The quantitative estimate of drug-likeness (QED) is 0.471. The zero-order valence-electron chi connectivity index (χ0n) is 19.6. The molecule has 0 aliphatic carbocycles. The number of sulfonamides is 1. The van der Waals surface area contributed by atoms with Gasteiger partial charge >= 0.3 is 0 Å². The van der Waals surface area contributed by atoms with Crippen molar-refractivity contribution in [3.8, 4) is 5.75 Å². The number of nitrogens with one attached hydrogen (secondary N) is 2. The average molecular weight is 496 g/mol. The van der Waals surface area contributed by atoms with Crippen LogP contribution in [0.15, 0.2) is 77.7 Å². The first-order valence-corrected chi connectivity index (χ1v) is 12.9. The fourth-order valence-electron chi connectivity index (χ4n) is 3.75. The summed E-state index contributed by atoms with van der Waals surface area (Å²) in [6.45, 7) is 4.45. The van der Waals surface area contributed by atoms with E-state index in [1.54, 1.807) is 36.4 Å². The summed E-state index contributed by atoms with van der Waals surface area (Å²) in [6, 6.07) is 20.2. The Labute approximate surface area is 205 Å². The molecule has 1 aliphatic heterocycles. The Balaban J connectivity index is 1.37. The molecule has 0 spiro atoms. The largest absolute Gasteiger partial charge is 0.497 e. The summed E-state index contributed by atoms with van der Waals surface area (Å²) in [7, 11) is -2.33. The molecule has 0 bridgehead atoms. The van der Waals surface area contributed by atoms with E-state index in [1.807, 2.05) is 24.3 Å². The number of benzene rings is 3. The summed E-state index contributed by atoms with van der Waals surface area (Å²) < 4.78 is 38.6. The van der Waals surface area contributed by atoms with E-state index in [4.69, 9.17) is 9.47 Å². The van der Waals surface area contributed by atoms with Crippen molar-refractivity contribution in [1.29, 1.82) is 0 Å². The number of hydrogen-bond acceptors (Lipinski definition) is 6. The van der Waals surface area contributed by atoms with Crippen molar-refractivity contribution >= 4 is 27.3 Å². The fraction of sp³-hybridized carbons (Fsp3) is 0.269. The second-order valence-corrected chi connectivity index (χ2v) is 9.90. The van der Waals surface area contributed by atoms with Gasteiger partial charge in [0.05, 0.1) is 25.2 Å². The normalized spacial score (nSPS) is 14.3. The third-order valence-electron chi connectivity index (χ3n) is 5.78. The minimum absolute atomic E-state index is 0.000529. The lowest BCUT2D eigenvalue weighted by Crippen LogP contribution is -2.37. The Morgan fingerprint density at radius 3 is 2.34 bits per heavy atom. The molecule has 0 saturated carbocycles. The molecular weight excluding hydrogens is 466 g/mol. The highest BCUT2D eigenvalue weighted by Gasteiger charge is 2.17. The minimum atomic E-state index is -3.87. The summed E-state index contributed by atoms with van der Waals surface area (Å²) >= 11 is 0. The van der Waals surface area contributed by atoms with E-state index in [9.17, 15) is 13.2 Å². The molecule has 35 heavy (non-hydrogen) atoms. The molecule has 0 atom stereocenters. The Morgan fingerprint density at radius 1 is 0.971 bits per heavy atom. The molecule has 9 heteroatoms. The topological polar surface area (TPSA) is 97.0 Å². The maximum atomic E-state index is 12.8. The minimum Gasteiger partial charge on any atom is -0.497 e. The lowest BCUT2D eigenvalue weighted by molar-refractivity contribution is 0.0384. The van der Waals surface area contributed by atoms with Crippen LogP contribution >= 0.6 is 0 Å². The molecular formula is C26H29N3O5S. The molecule has 0 radical (unpaired) electrons. The number of anilines is 2. The van der Waals surface area contributed by atoms with Crippen LogP contribution < -0.4 is 14.8 Å². The van der Waals surface area contributed by atoms with E-state index >= 15 is 0 Å². The van der Waals surface area contributed by atoms with Gasteiger partial charge in [0.2, 0.25) is 0 Å². The highest BCUT2D eigenvalue weighted by Crippen LogP contribution is 2.21. The van der Waals surface area contributed by atoms with Crippen molar-refractivity contribution in [2.24, 2.45) is 0 Å². The number of ether oxygens (including phenoxy) is 2. The van der Waals surface area contributed by atoms with Crippen LogP contribution in [0.25, 0.3) is 0 Å². The summed E-state index contributed by atoms with van der Waals surface area (Å²) in [5.74, 6) is 0.240. The van der Waals surface area contributed by atoms with Gasteiger partial charge in [-0.3, -0.25) is 14.4 Å². The Hall–Kier alpha value is -3.40. The maximum Gasteiger partial charge on any atom is 0.261 e. The van der Waals surface area contributed by atoms with E-state index in [0.29, 0.717) is 17.1 Å². The maximum absolute atomic E-state index is 12.8. The van der Waals surface area contributed by atoms with Crippen molar-refractivity contribution < 1.29 is 22.7 Å². The van der Waals surface area contributed by atoms with Crippen LogP contribution in [-0.4, -0.2) is 59.2 Å². The predicted octanol–water partition coefficient (Wildman–Crippen LogP) is 3.62. The van der Waals surface area contributed by atoms with E-state index in [0.717, 1.165) is 39.3 Å². The number of morpholine rings is 1. The highest BCUT2D eigenvalue weighted by atomic mass is 32.2. The molecule has 1 saturated heterocycles. The number of rotatable bonds is 9. The second kappa shape index (κ2) is 11.4. The third kappa shape index (κ3) is 6.82. The summed E-state index contributed by atoms with van der Waals surface area (Å²) in [5, 5.41) is 2.84. The van der Waals surface area contributed by atoms with Crippen LogP contribution in [-0.2, 0) is 21.2 Å². The van der Waals surface area contributed by atoms with E-state index in [-0.39, 0.29) is 16.4 Å². The number of nitrogens with zero attached hydrogens (tertiary/aromatic N) is 1. The van der Waals surface area contributed by atoms with Crippen molar-refractivity contribution in [3.63, 3.8) is 0 Å². The molecule has 0 unspecified atom stereocenters. The number of amides is 1. The Morgan fingerprint density at radius 2 is 1.66 bits per heavy atom. The van der Waals surface area contributed by atoms with Gasteiger partial charge in [-0.15, -0.1) is 0 Å². The van der Waals surface area contributed by atoms with Crippen LogP contribution in [0.3, 0.4) is 0 Å². The van der Waals surface area contributed by atoms with Gasteiger partial charge in [-0.05, 0) is 66.6 Å². The zero-order chi connectivity index (χ0) is 24.7. The number of hydrogen-bond donors (Lipinski definition) is 2. The smallest absolute Gasteiger partial charge is 0.261 e. The van der Waals surface area contributed by atoms with Crippen LogP contribution in [0.5, 0.6) is 5.75 Å². The second-order valence-electron chi connectivity index (χ2n) is 8.22. The first kappa shape index (κ1) is 24.7. The standard InChI is InChI=1S/C26H29N3O5S/c1-33-24-11-9-23(10-12-24)28-35(31,32)25-4-2-3-21(19-25)26(30)27-22-7-5-20(6-8-22)13-14-29-15-17-34-18-16-29/h2-12,19,28H,13-18H2,1H3,(H,27,30). The van der Waals surface area contributed by atoms with E-state index in [2.05, 4.69) is 14.9 Å². The monoisotopic (exact) mass is 495 g/mol. The number of carbonyl (C=O) groups is 1. The van der Waals surface area contributed by atoms with Gasteiger partial charge in [-0.25, -0.2) is 8.42 Å². The first-order valence-electron chi connectivity index (χ1n) is 11.4. The molecule has 3 aromatic carbocycles. The number of carbonyl (C=O) groups excluding carboxylic acids is 1. The average Bonchev–Trinajstić information content (AvgIpc) is 2.89. The molecule has 2 N–H and O–H groups in total. The summed E-state index contributed by atoms with van der Waals surface area (Å²) in [5.41, 5.74) is 2.48. The number of methoxy groups -OCH3 is 1. The predicted molar refractivity (Wildman–Crippen MR) is 136 cm³/mol. The van der Waals surface area contributed by atoms with Crippen LogP contribution in [0, 0.1) is 0 Å². The van der Waals surface area contributed by atoms with Crippen molar-refractivity contribution in [2.45, 2.75) is 11.3 Å². The molecule has 4 rings (SSSR count). The van der Waals surface area contributed by atoms with E-state index in [1.165, 1.54) is 24.8 Å². The van der Waals surface area contributed by atoms with Gasteiger partial charge in [-0.1, -0.05) is 18.2 Å². The van der Waals surface area contributed by atoms with Crippen molar-refractivity contribution in [2.75, 3.05) is 50.0 Å². The van der Waals surface area contributed by atoms with Gasteiger partial charge in [0, 0.05) is 36.6 Å². The lowest BCUT2D eigenvalue weighted by atomic mass is 10.1. The molecule has 1 fully saturated rings. The Kier molecular flexibility index (Phi) is 8.02. The third-order valence-corrected chi connectivity index (χ3v) is 7.16. The summed E-state index contributed by atoms with van der Waals surface area (Å²) in [6.07, 6.45) is 0.926. The zero-order valence-corrected chi connectivity index (χ0v) is 20.4. The molecule has 1 heterocycles. The van der Waals surface area contributed by atoms with E-state index < -0.39 is 10.0 Å². The van der Waals surface area contributed by atoms with Gasteiger partial charge in [0.15, 0.2) is 0 Å². The van der Waals surface area contributed by atoms with Crippen molar-refractivity contribution in [3.05, 3.63) is 83.9 Å².